The first kappa shape index (κ1) is 28.5. The van der Waals surface area contributed by atoms with Crippen LogP contribution in [0.15, 0.2) is 59.1 Å². The summed E-state index contributed by atoms with van der Waals surface area (Å²) in [6, 6.07) is 14.7. The number of benzene rings is 2. The maximum atomic E-state index is 13.5. The Morgan fingerprint density at radius 1 is 1.02 bits per heavy atom. The number of halogens is 3. The van der Waals surface area contributed by atoms with E-state index < -0.39 is 11.7 Å². The number of hydrogen-bond acceptors (Lipinski definition) is 7. The monoisotopic (exact) mass is 567 g/mol. The molecule has 41 heavy (non-hydrogen) atoms. The molecule has 11 heteroatoms. The second-order valence-corrected chi connectivity index (χ2v) is 10.6. The maximum absolute atomic E-state index is 13.5. The predicted octanol–water partition coefficient (Wildman–Crippen LogP) is 5.76. The summed E-state index contributed by atoms with van der Waals surface area (Å²) in [5.74, 6) is 1.31. The molecule has 1 amide bonds. The van der Waals surface area contributed by atoms with E-state index >= 15 is 0 Å². The zero-order valence-corrected chi connectivity index (χ0v) is 23.0. The fraction of sp³-hybridized carbons (Fsp3) is 0.400. The summed E-state index contributed by atoms with van der Waals surface area (Å²) in [5.41, 5.74) is 0.969. The van der Waals surface area contributed by atoms with Crippen LogP contribution < -0.4 is 4.90 Å². The highest BCUT2D eigenvalue weighted by Crippen LogP contribution is 2.37. The molecular weight excluding hydrogens is 535 g/mol. The van der Waals surface area contributed by atoms with Gasteiger partial charge in [0.1, 0.15) is 29.3 Å². The van der Waals surface area contributed by atoms with Crippen molar-refractivity contribution in [3.63, 3.8) is 0 Å². The van der Waals surface area contributed by atoms with Gasteiger partial charge < -0.3 is 19.1 Å². The van der Waals surface area contributed by atoms with Crippen molar-refractivity contribution >= 4 is 22.8 Å². The minimum absolute atomic E-state index is 0.0173. The van der Waals surface area contributed by atoms with Crippen molar-refractivity contribution < 1.29 is 27.2 Å². The Bertz CT molecular complexity index is 1490. The average molecular weight is 568 g/mol. The summed E-state index contributed by atoms with van der Waals surface area (Å²) < 4.78 is 51.6. The molecule has 1 aliphatic heterocycles. The van der Waals surface area contributed by atoms with E-state index in [1.807, 2.05) is 35.2 Å². The highest BCUT2D eigenvalue weighted by atomic mass is 19.4. The first-order chi connectivity index (χ1) is 19.7. The van der Waals surface area contributed by atoms with Gasteiger partial charge in [-0.05, 0) is 30.0 Å². The lowest BCUT2D eigenvalue weighted by Gasteiger charge is -2.24. The smallest absolute Gasteiger partial charge is 0.367 e. The highest BCUT2D eigenvalue weighted by molar-refractivity contribution is 5.98. The third-order valence-corrected chi connectivity index (χ3v) is 6.90. The van der Waals surface area contributed by atoms with Gasteiger partial charge in [0.15, 0.2) is 0 Å². The van der Waals surface area contributed by atoms with Gasteiger partial charge in [-0.15, -0.1) is 0 Å². The van der Waals surface area contributed by atoms with E-state index in [2.05, 4.69) is 24.0 Å². The molecule has 0 atom stereocenters. The van der Waals surface area contributed by atoms with Gasteiger partial charge in [0.25, 0.3) is 5.71 Å². The molecule has 0 unspecified atom stereocenters. The van der Waals surface area contributed by atoms with Crippen LogP contribution in [-0.2, 0) is 28.7 Å². The van der Waals surface area contributed by atoms with Crippen LogP contribution in [0.4, 0.5) is 19.0 Å². The lowest BCUT2D eigenvalue weighted by molar-refractivity contribution is -0.137. The molecular formula is C30H32F3N5O3. The number of nitrogens with zero attached hydrogens (tertiary/aromatic N) is 5. The molecule has 2 aromatic heterocycles. The molecule has 0 saturated carbocycles. The Labute approximate surface area is 236 Å². The lowest BCUT2D eigenvalue weighted by Crippen LogP contribution is -2.37. The Kier molecular flexibility index (Phi) is 8.53. The Hall–Kier alpha value is -3.99. The molecule has 216 valence electrons. The van der Waals surface area contributed by atoms with E-state index in [-0.39, 0.29) is 35.4 Å². The SMILES string of the molecule is CC(C)Cc1nc(N2CCCN(C(=O)COCc3ccccc3)CC2)c2c(-c3cccc(C(F)(F)F)c3)noc2n1. The number of rotatable bonds is 8. The van der Waals surface area contributed by atoms with E-state index in [1.54, 1.807) is 11.0 Å². The number of carbonyl (C=O) groups is 1. The average Bonchev–Trinajstić information content (AvgIpc) is 3.21. The highest BCUT2D eigenvalue weighted by Gasteiger charge is 2.32. The molecule has 0 radical (unpaired) electrons. The first-order valence-corrected chi connectivity index (χ1v) is 13.7. The van der Waals surface area contributed by atoms with E-state index in [1.165, 1.54) is 6.07 Å². The van der Waals surface area contributed by atoms with Gasteiger partial charge in [0.2, 0.25) is 5.91 Å². The third kappa shape index (κ3) is 6.84. The van der Waals surface area contributed by atoms with Crippen LogP contribution in [0.5, 0.6) is 0 Å². The molecule has 8 nitrogen and oxygen atoms in total. The van der Waals surface area contributed by atoms with Crippen molar-refractivity contribution in [2.75, 3.05) is 37.7 Å². The van der Waals surface area contributed by atoms with Crippen molar-refractivity contribution in [3.8, 4) is 11.3 Å². The van der Waals surface area contributed by atoms with Crippen LogP contribution in [0.1, 0.15) is 37.2 Å². The minimum atomic E-state index is -4.50. The van der Waals surface area contributed by atoms with Crippen molar-refractivity contribution in [3.05, 3.63) is 71.5 Å². The zero-order chi connectivity index (χ0) is 29.0. The quantitative estimate of drug-likeness (QED) is 0.268. The summed E-state index contributed by atoms with van der Waals surface area (Å²) in [5, 5.41) is 4.60. The standard InChI is InChI=1S/C30H32F3N5O3/c1-20(2)16-24-34-28(26-27(36-41-29(26)35-24)22-10-6-11-23(17-22)30(31,32)33)38-13-7-12-37(14-15-38)25(39)19-40-18-21-8-4-3-5-9-21/h3-6,8-11,17,20H,7,12-16,18-19H2,1-2H3. The number of carbonyl (C=O) groups excluding carboxylic acids is 1. The number of hydrogen-bond donors (Lipinski definition) is 0. The predicted molar refractivity (Wildman–Crippen MR) is 148 cm³/mol. The molecule has 1 fully saturated rings. The van der Waals surface area contributed by atoms with Crippen LogP contribution in [0, 0.1) is 5.92 Å². The minimum Gasteiger partial charge on any atom is -0.367 e. The van der Waals surface area contributed by atoms with Gasteiger partial charge in [-0.3, -0.25) is 4.79 Å². The van der Waals surface area contributed by atoms with E-state index in [4.69, 9.17) is 14.2 Å². The number of ether oxygens (including phenoxy) is 1. The van der Waals surface area contributed by atoms with Crippen molar-refractivity contribution in [2.45, 2.75) is 39.5 Å². The van der Waals surface area contributed by atoms with Gasteiger partial charge >= 0.3 is 6.18 Å². The van der Waals surface area contributed by atoms with Crippen molar-refractivity contribution in [1.29, 1.82) is 0 Å². The number of anilines is 1. The van der Waals surface area contributed by atoms with Crippen LogP contribution in [0.2, 0.25) is 0 Å². The third-order valence-electron chi connectivity index (χ3n) is 6.90. The number of amides is 1. The molecule has 1 aliphatic rings. The molecule has 0 bridgehead atoms. The number of alkyl halides is 3. The summed E-state index contributed by atoms with van der Waals surface area (Å²) in [7, 11) is 0. The van der Waals surface area contributed by atoms with Crippen molar-refractivity contribution in [2.24, 2.45) is 5.92 Å². The topological polar surface area (TPSA) is 84.6 Å². The number of aromatic nitrogens is 3. The van der Waals surface area contributed by atoms with E-state index in [0.29, 0.717) is 62.7 Å². The fourth-order valence-corrected chi connectivity index (χ4v) is 4.91. The zero-order valence-electron chi connectivity index (χ0n) is 23.0. The normalized spacial score (nSPS) is 14.6. The lowest BCUT2D eigenvalue weighted by atomic mass is 10.1. The summed E-state index contributed by atoms with van der Waals surface area (Å²) in [6.45, 7) is 6.52. The van der Waals surface area contributed by atoms with Gasteiger partial charge in [0.05, 0.1) is 12.2 Å². The summed E-state index contributed by atoms with van der Waals surface area (Å²) in [6.07, 6.45) is -3.22. The maximum Gasteiger partial charge on any atom is 0.416 e. The number of fused-ring (bicyclic) bond motifs is 1. The molecule has 0 spiro atoms. The Morgan fingerprint density at radius 2 is 1.83 bits per heavy atom. The van der Waals surface area contributed by atoms with Crippen molar-refractivity contribution in [1.82, 2.24) is 20.0 Å². The first-order valence-electron chi connectivity index (χ1n) is 13.7. The van der Waals surface area contributed by atoms with Gasteiger partial charge in [-0.1, -0.05) is 61.5 Å². The fourth-order valence-electron chi connectivity index (χ4n) is 4.91. The molecule has 2 aromatic carbocycles. The Balaban J connectivity index is 1.39. The molecule has 4 aromatic rings. The molecule has 3 heterocycles. The second-order valence-electron chi connectivity index (χ2n) is 10.6. The van der Waals surface area contributed by atoms with Gasteiger partial charge in [-0.2, -0.15) is 18.2 Å². The summed E-state index contributed by atoms with van der Waals surface area (Å²) in [4.78, 5) is 26.1. The molecule has 1 saturated heterocycles. The van der Waals surface area contributed by atoms with E-state index in [0.717, 1.165) is 17.7 Å². The second kappa shape index (κ2) is 12.3. The van der Waals surface area contributed by atoms with Gasteiger partial charge in [-0.25, -0.2) is 4.98 Å². The summed E-state index contributed by atoms with van der Waals surface area (Å²) >= 11 is 0. The van der Waals surface area contributed by atoms with Crippen LogP contribution in [0.3, 0.4) is 0 Å². The molecule has 5 rings (SSSR count). The molecule has 0 aliphatic carbocycles. The molecule has 0 N–H and O–H groups in total. The van der Waals surface area contributed by atoms with Gasteiger partial charge in [0, 0.05) is 38.2 Å². The van der Waals surface area contributed by atoms with Crippen LogP contribution in [0.25, 0.3) is 22.4 Å². The Morgan fingerprint density at radius 3 is 2.59 bits per heavy atom. The largest absolute Gasteiger partial charge is 0.416 e. The van der Waals surface area contributed by atoms with E-state index in [9.17, 15) is 18.0 Å². The van der Waals surface area contributed by atoms with Crippen LogP contribution >= 0.6 is 0 Å². The van der Waals surface area contributed by atoms with Crippen LogP contribution in [-0.4, -0.2) is 58.7 Å².